The van der Waals surface area contributed by atoms with Gasteiger partial charge >= 0.3 is 0 Å². The summed E-state index contributed by atoms with van der Waals surface area (Å²) in [4.78, 5) is 33.3. The van der Waals surface area contributed by atoms with Gasteiger partial charge in [-0.2, -0.15) is 5.26 Å². The van der Waals surface area contributed by atoms with Crippen LogP contribution in [-0.4, -0.2) is 26.8 Å². The SMILES string of the molecule is CC(C)C(C)(C#N)NC(=O)CSc1nc2sc3c(c2c(=O)n1C1CCCC1)CCCC3. The van der Waals surface area contributed by atoms with Gasteiger partial charge in [-0.3, -0.25) is 14.2 Å². The second-order valence-corrected chi connectivity index (χ2v) is 11.2. The number of aromatic nitrogens is 2. The number of nitrogens with zero attached hydrogens (tertiary/aromatic N) is 3. The largest absolute Gasteiger partial charge is 0.337 e. The smallest absolute Gasteiger partial charge is 0.263 e. The molecule has 31 heavy (non-hydrogen) atoms. The van der Waals surface area contributed by atoms with Crippen LogP contribution in [0.2, 0.25) is 0 Å². The molecule has 0 aliphatic heterocycles. The van der Waals surface area contributed by atoms with Gasteiger partial charge in [0, 0.05) is 10.9 Å². The lowest BCUT2D eigenvalue weighted by molar-refractivity contribution is -0.120. The summed E-state index contributed by atoms with van der Waals surface area (Å²) < 4.78 is 1.88. The lowest BCUT2D eigenvalue weighted by Crippen LogP contribution is -2.49. The van der Waals surface area contributed by atoms with Crippen LogP contribution in [0, 0.1) is 17.2 Å². The van der Waals surface area contributed by atoms with E-state index in [-0.39, 0.29) is 29.2 Å². The number of nitrogens with one attached hydrogen (secondary N) is 1. The van der Waals surface area contributed by atoms with E-state index in [4.69, 9.17) is 4.98 Å². The van der Waals surface area contributed by atoms with Crippen molar-refractivity contribution in [1.82, 2.24) is 14.9 Å². The van der Waals surface area contributed by atoms with E-state index in [9.17, 15) is 14.9 Å². The molecule has 0 saturated heterocycles. The number of hydrogen-bond acceptors (Lipinski definition) is 6. The van der Waals surface area contributed by atoms with Crippen molar-refractivity contribution in [3.8, 4) is 6.07 Å². The molecule has 0 bridgehead atoms. The zero-order valence-corrected chi connectivity index (χ0v) is 20.1. The van der Waals surface area contributed by atoms with Crippen molar-refractivity contribution in [2.45, 2.75) is 88.9 Å². The van der Waals surface area contributed by atoms with E-state index in [1.165, 1.54) is 28.6 Å². The standard InChI is InChI=1S/C23H30N4O2S2/c1-14(2)23(3,13-24)26-18(28)12-30-22-25-20-19(16-10-6-7-11-17(16)31-20)21(29)27(22)15-8-4-5-9-15/h14-15H,4-12H2,1-3H3,(H,26,28). The van der Waals surface area contributed by atoms with E-state index in [0.29, 0.717) is 5.16 Å². The summed E-state index contributed by atoms with van der Waals surface area (Å²) in [6.45, 7) is 5.58. The average Bonchev–Trinajstić information content (AvgIpc) is 3.39. The predicted molar refractivity (Wildman–Crippen MR) is 126 cm³/mol. The van der Waals surface area contributed by atoms with Crippen LogP contribution in [0.25, 0.3) is 10.2 Å². The molecule has 2 aliphatic carbocycles. The zero-order valence-electron chi connectivity index (χ0n) is 18.5. The van der Waals surface area contributed by atoms with Crippen molar-refractivity contribution in [3.05, 3.63) is 20.8 Å². The van der Waals surface area contributed by atoms with Gasteiger partial charge < -0.3 is 5.32 Å². The third-order valence-electron chi connectivity index (χ3n) is 6.80. The van der Waals surface area contributed by atoms with E-state index in [1.807, 2.05) is 18.4 Å². The Labute approximate surface area is 191 Å². The first-order valence-electron chi connectivity index (χ1n) is 11.3. The predicted octanol–water partition coefficient (Wildman–Crippen LogP) is 4.60. The van der Waals surface area contributed by atoms with Crippen molar-refractivity contribution >= 4 is 39.2 Å². The maximum absolute atomic E-state index is 13.7. The molecule has 8 heteroatoms. The Bertz CT molecular complexity index is 1090. The van der Waals surface area contributed by atoms with Gasteiger partial charge in [0.15, 0.2) is 5.16 Å². The maximum atomic E-state index is 13.7. The molecule has 2 heterocycles. The first kappa shape index (κ1) is 22.3. The molecule has 1 unspecified atom stereocenters. The third kappa shape index (κ3) is 4.27. The molecule has 1 amide bonds. The van der Waals surface area contributed by atoms with Crippen LogP contribution in [0.1, 0.15) is 75.8 Å². The average molecular weight is 459 g/mol. The summed E-state index contributed by atoms with van der Waals surface area (Å²) >= 11 is 2.97. The number of amides is 1. The second-order valence-electron chi connectivity index (χ2n) is 9.20. The molecule has 0 spiro atoms. The summed E-state index contributed by atoms with van der Waals surface area (Å²) in [6, 6.07) is 2.38. The number of thioether (sulfide) groups is 1. The summed E-state index contributed by atoms with van der Waals surface area (Å²) in [6.07, 6.45) is 8.52. The first-order valence-corrected chi connectivity index (χ1v) is 13.1. The van der Waals surface area contributed by atoms with Crippen molar-refractivity contribution in [2.24, 2.45) is 5.92 Å². The highest BCUT2D eigenvalue weighted by molar-refractivity contribution is 7.99. The van der Waals surface area contributed by atoms with E-state index >= 15 is 0 Å². The minimum atomic E-state index is -0.910. The normalized spacial score (nSPS) is 18.7. The molecule has 1 fully saturated rings. The number of carbonyl (C=O) groups is 1. The van der Waals surface area contributed by atoms with E-state index in [0.717, 1.165) is 55.2 Å². The van der Waals surface area contributed by atoms with Crippen LogP contribution < -0.4 is 10.9 Å². The minimum Gasteiger partial charge on any atom is -0.337 e. The Balaban J connectivity index is 1.67. The van der Waals surface area contributed by atoms with Gasteiger partial charge in [0.2, 0.25) is 5.91 Å². The Morgan fingerprint density at radius 3 is 2.71 bits per heavy atom. The van der Waals surface area contributed by atoms with Crippen LogP contribution in [-0.2, 0) is 17.6 Å². The Morgan fingerprint density at radius 2 is 2.03 bits per heavy atom. The fourth-order valence-electron chi connectivity index (χ4n) is 4.54. The van der Waals surface area contributed by atoms with Crippen LogP contribution >= 0.6 is 23.1 Å². The highest BCUT2D eigenvalue weighted by Crippen LogP contribution is 2.37. The number of hydrogen-bond donors (Lipinski definition) is 1. The van der Waals surface area contributed by atoms with E-state index in [1.54, 1.807) is 18.3 Å². The van der Waals surface area contributed by atoms with Gasteiger partial charge in [-0.1, -0.05) is 38.5 Å². The highest BCUT2D eigenvalue weighted by Gasteiger charge is 2.31. The van der Waals surface area contributed by atoms with Crippen molar-refractivity contribution in [3.63, 3.8) is 0 Å². The number of rotatable bonds is 6. The van der Waals surface area contributed by atoms with Gasteiger partial charge in [-0.15, -0.1) is 11.3 Å². The van der Waals surface area contributed by atoms with E-state index in [2.05, 4.69) is 11.4 Å². The Kier molecular flexibility index (Phi) is 6.45. The van der Waals surface area contributed by atoms with Gasteiger partial charge in [-0.05, 0) is 56.9 Å². The van der Waals surface area contributed by atoms with Crippen LogP contribution in [0.5, 0.6) is 0 Å². The summed E-state index contributed by atoms with van der Waals surface area (Å²) in [5.41, 5.74) is 0.377. The molecule has 1 N–H and O–H groups in total. The molecule has 4 rings (SSSR count). The number of carbonyl (C=O) groups excluding carboxylic acids is 1. The van der Waals surface area contributed by atoms with Gasteiger partial charge in [0.25, 0.3) is 5.56 Å². The highest BCUT2D eigenvalue weighted by atomic mass is 32.2. The summed E-state index contributed by atoms with van der Waals surface area (Å²) in [5, 5.41) is 13.8. The third-order valence-corrected chi connectivity index (χ3v) is 8.94. The fraction of sp³-hybridized carbons (Fsp3) is 0.652. The van der Waals surface area contributed by atoms with Crippen LogP contribution in [0.3, 0.4) is 0 Å². The quantitative estimate of drug-likeness (QED) is 0.505. The molecule has 166 valence electrons. The number of aryl methyl sites for hydroxylation is 2. The molecule has 0 radical (unpaired) electrons. The topological polar surface area (TPSA) is 87.8 Å². The van der Waals surface area contributed by atoms with Gasteiger partial charge in [-0.25, -0.2) is 4.98 Å². The van der Waals surface area contributed by atoms with E-state index < -0.39 is 5.54 Å². The van der Waals surface area contributed by atoms with Gasteiger partial charge in [0.1, 0.15) is 10.4 Å². The molecule has 2 aromatic rings. The molecule has 2 aliphatic rings. The first-order chi connectivity index (χ1) is 14.8. The lowest BCUT2D eigenvalue weighted by Gasteiger charge is -2.27. The zero-order chi connectivity index (χ0) is 22.2. The fourth-order valence-corrected chi connectivity index (χ4v) is 6.71. The molecular formula is C23H30N4O2S2. The minimum absolute atomic E-state index is 0.00460. The number of nitriles is 1. The van der Waals surface area contributed by atoms with Crippen molar-refractivity contribution in [2.75, 3.05) is 5.75 Å². The number of fused-ring (bicyclic) bond motifs is 3. The second kappa shape index (κ2) is 8.95. The molecule has 1 saturated carbocycles. The monoisotopic (exact) mass is 458 g/mol. The molecule has 0 aromatic carbocycles. The molecule has 1 atom stereocenters. The molecule has 2 aromatic heterocycles. The maximum Gasteiger partial charge on any atom is 0.263 e. The Morgan fingerprint density at radius 1 is 1.32 bits per heavy atom. The molecular weight excluding hydrogens is 428 g/mol. The van der Waals surface area contributed by atoms with Gasteiger partial charge in [0.05, 0.1) is 17.2 Å². The lowest BCUT2D eigenvalue weighted by atomic mass is 9.90. The summed E-state index contributed by atoms with van der Waals surface area (Å²) in [7, 11) is 0. The van der Waals surface area contributed by atoms with Crippen LogP contribution in [0.15, 0.2) is 9.95 Å². The molecule has 6 nitrogen and oxygen atoms in total. The van der Waals surface area contributed by atoms with Crippen molar-refractivity contribution < 1.29 is 4.79 Å². The van der Waals surface area contributed by atoms with Crippen LogP contribution in [0.4, 0.5) is 0 Å². The van der Waals surface area contributed by atoms with Crippen molar-refractivity contribution in [1.29, 1.82) is 5.26 Å². The summed E-state index contributed by atoms with van der Waals surface area (Å²) in [5.74, 6) is -0.0738. The number of thiophene rings is 1. The Hall–Kier alpha value is -1.85.